The van der Waals surface area contributed by atoms with Gasteiger partial charge in [0, 0.05) is 55.9 Å². The van der Waals surface area contributed by atoms with Crippen LogP contribution in [0.5, 0.6) is 0 Å². The van der Waals surface area contributed by atoms with E-state index in [4.69, 9.17) is 5.10 Å². The number of rotatable bonds is 3. The van der Waals surface area contributed by atoms with Gasteiger partial charge in [0.2, 0.25) is 0 Å². The van der Waals surface area contributed by atoms with Crippen molar-refractivity contribution in [3.8, 4) is 22.5 Å². The molecule has 7 heteroatoms. The second-order valence-electron chi connectivity index (χ2n) is 6.51. The smallest absolute Gasteiger partial charge is 0.154 e. The summed E-state index contributed by atoms with van der Waals surface area (Å²) in [6.07, 6.45) is 7.30. The zero-order chi connectivity index (χ0) is 18.1. The van der Waals surface area contributed by atoms with Gasteiger partial charge in [0.1, 0.15) is 5.82 Å². The lowest BCUT2D eigenvalue weighted by atomic mass is 10.2. The molecule has 0 amide bonds. The largest absolute Gasteiger partial charge is 0.354 e. The van der Waals surface area contributed by atoms with Gasteiger partial charge in [0.15, 0.2) is 5.65 Å². The van der Waals surface area contributed by atoms with Crippen LogP contribution in [0.25, 0.3) is 28.2 Å². The number of anilines is 1. The summed E-state index contributed by atoms with van der Waals surface area (Å²) in [5.41, 5.74) is 4.66. The highest BCUT2D eigenvalue weighted by Crippen LogP contribution is 2.23. The molecule has 0 aliphatic carbocycles. The predicted molar refractivity (Wildman–Crippen MR) is 105 cm³/mol. The van der Waals surface area contributed by atoms with E-state index in [1.165, 1.54) is 0 Å². The van der Waals surface area contributed by atoms with Crippen LogP contribution in [-0.4, -0.2) is 50.7 Å². The lowest BCUT2D eigenvalue weighted by molar-refractivity contribution is 0.585. The second kappa shape index (κ2) is 6.77. The molecular weight excluding hydrogens is 338 g/mol. The highest BCUT2D eigenvalue weighted by Gasteiger charge is 2.13. The Kier molecular flexibility index (Phi) is 3.99. The summed E-state index contributed by atoms with van der Waals surface area (Å²) in [6, 6.07) is 12.0. The van der Waals surface area contributed by atoms with Gasteiger partial charge in [0.25, 0.3) is 0 Å². The molecule has 1 fully saturated rings. The maximum Gasteiger partial charge on any atom is 0.154 e. The van der Waals surface area contributed by atoms with Gasteiger partial charge in [-0.05, 0) is 36.4 Å². The maximum absolute atomic E-state index is 4.77. The molecular formula is C20H19N7. The van der Waals surface area contributed by atoms with Crippen molar-refractivity contribution in [3.05, 3.63) is 61.2 Å². The molecule has 4 aromatic heterocycles. The van der Waals surface area contributed by atoms with E-state index in [-0.39, 0.29) is 0 Å². The molecule has 1 aliphatic rings. The number of fused-ring (bicyclic) bond motifs is 1. The summed E-state index contributed by atoms with van der Waals surface area (Å²) in [6.45, 7) is 3.97. The van der Waals surface area contributed by atoms with Crippen LogP contribution < -0.4 is 10.2 Å². The van der Waals surface area contributed by atoms with Gasteiger partial charge < -0.3 is 10.2 Å². The fourth-order valence-electron chi connectivity index (χ4n) is 3.37. The van der Waals surface area contributed by atoms with Crippen LogP contribution in [0, 0.1) is 0 Å². The Morgan fingerprint density at radius 3 is 2.44 bits per heavy atom. The van der Waals surface area contributed by atoms with Gasteiger partial charge in [-0.3, -0.25) is 4.98 Å². The third-order valence-electron chi connectivity index (χ3n) is 4.82. The van der Waals surface area contributed by atoms with Gasteiger partial charge in [0.05, 0.1) is 17.6 Å². The van der Waals surface area contributed by atoms with E-state index in [0.717, 1.165) is 60.2 Å². The fraction of sp³-hybridized carbons (Fsp3) is 0.200. The fourth-order valence-corrected chi connectivity index (χ4v) is 3.37. The Morgan fingerprint density at radius 2 is 1.67 bits per heavy atom. The van der Waals surface area contributed by atoms with Crippen LogP contribution in [0.4, 0.5) is 5.82 Å². The maximum atomic E-state index is 4.77. The highest BCUT2D eigenvalue weighted by atomic mass is 15.3. The van der Waals surface area contributed by atoms with Crippen LogP contribution in [0.15, 0.2) is 61.2 Å². The van der Waals surface area contributed by atoms with E-state index >= 15 is 0 Å². The first-order valence-corrected chi connectivity index (χ1v) is 9.06. The molecule has 0 spiro atoms. The first-order chi connectivity index (χ1) is 13.4. The molecule has 5 heterocycles. The summed E-state index contributed by atoms with van der Waals surface area (Å²) < 4.78 is 1.87. The molecule has 0 saturated carbocycles. The second-order valence-corrected chi connectivity index (χ2v) is 6.51. The van der Waals surface area contributed by atoms with Crippen molar-refractivity contribution < 1.29 is 0 Å². The Morgan fingerprint density at radius 1 is 0.815 bits per heavy atom. The summed E-state index contributed by atoms with van der Waals surface area (Å²) >= 11 is 0. The van der Waals surface area contributed by atoms with Gasteiger partial charge in [-0.25, -0.2) is 14.5 Å². The average molecular weight is 357 g/mol. The molecule has 1 aliphatic heterocycles. The van der Waals surface area contributed by atoms with Crippen molar-refractivity contribution in [1.29, 1.82) is 0 Å². The molecule has 1 N–H and O–H groups in total. The minimum Gasteiger partial charge on any atom is -0.354 e. The van der Waals surface area contributed by atoms with Crippen molar-refractivity contribution in [2.24, 2.45) is 0 Å². The number of imidazole rings is 1. The first kappa shape index (κ1) is 15.9. The highest BCUT2D eigenvalue weighted by molar-refractivity contribution is 5.66. The van der Waals surface area contributed by atoms with Gasteiger partial charge in [-0.1, -0.05) is 0 Å². The van der Waals surface area contributed by atoms with Crippen molar-refractivity contribution in [1.82, 2.24) is 29.9 Å². The van der Waals surface area contributed by atoms with E-state index in [0.29, 0.717) is 0 Å². The molecule has 134 valence electrons. The van der Waals surface area contributed by atoms with Gasteiger partial charge >= 0.3 is 0 Å². The van der Waals surface area contributed by atoms with E-state index in [2.05, 4.69) is 37.3 Å². The molecule has 4 aromatic rings. The topological polar surface area (TPSA) is 71.2 Å². The minimum atomic E-state index is 0.814. The molecule has 7 nitrogen and oxygen atoms in total. The molecule has 0 aromatic carbocycles. The number of hydrogen-bond acceptors (Lipinski definition) is 6. The van der Waals surface area contributed by atoms with Crippen LogP contribution in [0.2, 0.25) is 0 Å². The van der Waals surface area contributed by atoms with E-state index in [1.807, 2.05) is 41.2 Å². The Hall–Kier alpha value is -3.32. The normalized spacial score (nSPS) is 14.6. The van der Waals surface area contributed by atoms with Gasteiger partial charge in [-0.15, -0.1) is 0 Å². The quantitative estimate of drug-likeness (QED) is 0.606. The van der Waals surface area contributed by atoms with Crippen LogP contribution in [-0.2, 0) is 0 Å². The first-order valence-electron chi connectivity index (χ1n) is 9.06. The third kappa shape index (κ3) is 3.02. The zero-order valence-corrected chi connectivity index (χ0v) is 14.8. The monoisotopic (exact) mass is 357 g/mol. The molecule has 27 heavy (non-hydrogen) atoms. The summed E-state index contributed by atoms with van der Waals surface area (Å²) in [5.74, 6) is 1.01. The number of nitrogens with one attached hydrogen (secondary N) is 1. The summed E-state index contributed by atoms with van der Waals surface area (Å²) in [5, 5.41) is 8.14. The summed E-state index contributed by atoms with van der Waals surface area (Å²) in [4.78, 5) is 15.5. The molecule has 5 rings (SSSR count). The minimum absolute atomic E-state index is 0.814. The molecule has 0 bridgehead atoms. The van der Waals surface area contributed by atoms with Gasteiger partial charge in [-0.2, -0.15) is 5.10 Å². The van der Waals surface area contributed by atoms with E-state index in [9.17, 15) is 0 Å². The Bertz CT molecular complexity index is 1050. The predicted octanol–water partition coefficient (Wildman–Crippen LogP) is 2.26. The van der Waals surface area contributed by atoms with Crippen molar-refractivity contribution in [3.63, 3.8) is 0 Å². The molecule has 0 unspecified atom stereocenters. The standard InChI is InChI=1S/C20H19N7/c1-3-19(26-11-9-22-10-12-26)23-13-16(1)18-14-24-20-4-2-17(25-27(18)20)15-5-7-21-8-6-15/h1-8,13-14,22H,9-12H2. The molecule has 0 radical (unpaired) electrons. The SMILES string of the molecule is c1cc(-c2ccc3ncc(-c4ccc(N5CCNCC5)nc4)n3n2)ccn1. The summed E-state index contributed by atoms with van der Waals surface area (Å²) in [7, 11) is 0. The number of pyridine rings is 2. The van der Waals surface area contributed by atoms with Crippen molar-refractivity contribution in [2.45, 2.75) is 0 Å². The molecule has 0 atom stereocenters. The van der Waals surface area contributed by atoms with Crippen LogP contribution in [0.1, 0.15) is 0 Å². The van der Waals surface area contributed by atoms with Crippen molar-refractivity contribution in [2.75, 3.05) is 31.1 Å². The zero-order valence-electron chi connectivity index (χ0n) is 14.8. The number of nitrogens with zero attached hydrogens (tertiary/aromatic N) is 6. The van der Waals surface area contributed by atoms with Crippen LogP contribution in [0.3, 0.4) is 0 Å². The van der Waals surface area contributed by atoms with Crippen LogP contribution >= 0.6 is 0 Å². The number of aromatic nitrogens is 5. The molecule has 1 saturated heterocycles. The number of hydrogen-bond donors (Lipinski definition) is 1. The lowest BCUT2D eigenvalue weighted by Crippen LogP contribution is -2.43. The van der Waals surface area contributed by atoms with Crippen molar-refractivity contribution >= 4 is 11.5 Å². The Balaban J connectivity index is 1.51. The van der Waals surface area contributed by atoms with E-state index in [1.54, 1.807) is 12.4 Å². The third-order valence-corrected chi connectivity index (χ3v) is 4.82. The number of piperazine rings is 1. The Labute approximate surface area is 156 Å². The van der Waals surface area contributed by atoms with E-state index < -0.39 is 0 Å². The average Bonchev–Trinajstić information content (AvgIpc) is 3.18. The lowest BCUT2D eigenvalue weighted by Gasteiger charge is -2.28.